The molecule has 0 heterocycles. The van der Waals surface area contributed by atoms with Gasteiger partial charge in [0.1, 0.15) is 6.79 Å². The molecule has 1 rings (SSSR count). The number of rotatable bonds is 6. The predicted octanol–water partition coefficient (Wildman–Crippen LogP) is 5.12. The van der Waals surface area contributed by atoms with Crippen LogP contribution in [-0.2, 0) is 9.47 Å². The third-order valence-electron chi connectivity index (χ3n) is 5.24. The molecule has 0 aromatic heterocycles. The fourth-order valence-electron chi connectivity index (χ4n) is 3.44. The van der Waals surface area contributed by atoms with E-state index in [-0.39, 0.29) is 23.0 Å². The molecule has 1 aliphatic rings. The highest BCUT2D eigenvalue weighted by Crippen LogP contribution is 2.49. The van der Waals surface area contributed by atoms with E-state index < -0.39 is 6.29 Å². The van der Waals surface area contributed by atoms with Crippen LogP contribution in [0.1, 0.15) is 87.0 Å². The molecule has 2 unspecified atom stereocenters. The van der Waals surface area contributed by atoms with Gasteiger partial charge in [-0.3, -0.25) is 0 Å². The van der Waals surface area contributed by atoms with Crippen LogP contribution in [0.25, 0.3) is 0 Å². The first-order valence-corrected chi connectivity index (χ1v) is 8.87. The van der Waals surface area contributed by atoms with Crippen molar-refractivity contribution in [3.63, 3.8) is 0 Å². The second-order valence-corrected chi connectivity index (χ2v) is 9.47. The van der Waals surface area contributed by atoms with Crippen molar-refractivity contribution in [3.8, 4) is 0 Å². The van der Waals surface area contributed by atoms with E-state index in [4.69, 9.17) is 9.47 Å². The normalized spacial score (nSPS) is 22.4. The summed E-state index contributed by atoms with van der Waals surface area (Å²) in [7, 11) is 0. The average molecular weight is 315 g/mol. The molecule has 132 valence electrons. The molecule has 0 bridgehead atoms. The highest BCUT2D eigenvalue weighted by molar-refractivity contribution is 4.92. The lowest BCUT2D eigenvalue weighted by Crippen LogP contribution is -2.47. The molecule has 0 aromatic rings. The van der Waals surface area contributed by atoms with Gasteiger partial charge in [-0.15, -0.1) is 0 Å². The van der Waals surface area contributed by atoms with Crippen LogP contribution in [0.2, 0.25) is 0 Å². The third kappa shape index (κ3) is 5.82. The molecule has 0 amide bonds. The van der Waals surface area contributed by atoms with E-state index in [1.165, 1.54) is 19.3 Å². The Hall–Kier alpha value is -0.120. The van der Waals surface area contributed by atoms with Gasteiger partial charge < -0.3 is 14.6 Å². The fourth-order valence-corrected chi connectivity index (χ4v) is 3.44. The molecule has 1 aliphatic carbocycles. The van der Waals surface area contributed by atoms with Gasteiger partial charge in [0.2, 0.25) is 0 Å². The number of ether oxygens (including phenoxy) is 2. The van der Waals surface area contributed by atoms with Crippen molar-refractivity contribution in [2.75, 3.05) is 6.79 Å². The second kappa shape index (κ2) is 7.63. The zero-order chi connectivity index (χ0) is 17.0. The van der Waals surface area contributed by atoms with Crippen LogP contribution in [0.4, 0.5) is 0 Å². The topological polar surface area (TPSA) is 38.7 Å². The Kier molecular flexibility index (Phi) is 6.91. The molecule has 3 nitrogen and oxygen atoms in total. The zero-order valence-electron chi connectivity index (χ0n) is 15.9. The smallest absolute Gasteiger partial charge is 0.163 e. The fraction of sp³-hybridized carbons (Fsp3) is 1.00. The molecule has 22 heavy (non-hydrogen) atoms. The van der Waals surface area contributed by atoms with Crippen molar-refractivity contribution in [1.82, 2.24) is 0 Å². The van der Waals surface area contributed by atoms with Gasteiger partial charge in [0.25, 0.3) is 0 Å². The van der Waals surface area contributed by atoms with Gasteiger partial charge >= 0.3 is 0 Å². The summed E-state index contributed by atoms with van der Waals surface area (Å²) in [5.41, 5.74) is -0.234. The van der Waals surface area contributed by atoms with E-state index in [0.717, 1.165) is 19.3 Å². The second-order valence-electron chi connectivity index (χ2n) is 9.47. The summed E-state index contributed by atoms with van der Waals surface area (Å²) in [6.07, 6.45) is 6.45. The monoisotopic (exact) mass is 314 g/mol. The number of hydrogen-bond donors (Lipinski definition) is 1. The lowest BCUT2D eigenvalue weighted by Gasteiger charge is -2.48. The van der Waals surface area contributed by atoms with Gasteiger partial charge in [0, 0.05) is 5.41 Å². The largest absolute Gasteiger partial charge is 0.367 e. The van der Waals surface area contributed by atoms with Crippen LogP contribution < -0.4 is 0 Å². The van der Waals surface area contributed by atoms with Gasteiger partial charge in [0.05, 0.1) is 6.10 Å². The Labute approximate surface area is 137 Å². The Morgan fingerprint density at radius 1 is 0.955 bits per heavy atom. The van der Waals surface area contributed by atoms with Crippen molar-refractivity contribution in [3.05, 3.63) is 0 Å². The molecule has 1 N–H and O–H groups in total. The number of aliphatic hydroxyl groups excluding tert-OH is 1. The molecule has 0 aromatic carbocycles. The molecule has 2 atom stereocenters. The standard InChI is InChI=1S/C19H38O3/c1-17(2,3)13-19(7,18(4,5)6)16(20)22-14-21-15-11-9-8-10-12-15/h15-16,20H,8-14H2,1-7H3. The minimum atomic E-state index is -0.810. The molecule has 0 spiro atoms. The van der Waals surface area contributed by atoms with E-state index in [2.05, 4.69) is 48.5 Å². The first-order valence-electron chi connectivity index (χ1n) is 8.87. The summed E-state index contributed by atoms with van der Waals surface area (Å²) in [5.74, 6) is 0. The van der Waals surface area contributed by atoms with Crippen molar-refractivity contribution in [1.29, 1.82) is 0 Å². The van der Waals surface area contributed by atoms with Gasteiger partial charge in [-0.2, -0.15) is 0 Å². The minimum Gasteiger partial charge on any atom is -0.367 e. The summed E-state index contributed by atoms with van der Waals surface area (Å²) in [4.78, 5) is 0. The summed E-state index contributed by atoms with van der Waals surface area (Å²) in [5, 5.41) is 10.7. The maximum atomic E-state index is 10.7. The molecule has 0 radical (unpaired) electrons. The Bertz CT molecular complexity index is 321. The molecule has 1 saturated carbocycles. The quantitative estimate of drug-likeness (QED) is 0.692. The third-order valence-corrected chi connectivity index (χ3v) is 5.24. The van der Waals surface area contributed by atoms with Gasteiger partial charge in [-0.05, 0) is 30.1 Å². The Morgan fingerprint density at radius 2 is 1.50 bits per heavy atom. The number of aliphatic hydroxyl groups is 1. The minimum absolute atomic E-state index is 0.0511. The maximum Gasteiger partial charge on any atom is 0.163 e. The summed E-state index contributed by atoms with van der Waals surface area (Å²) in [6, 6.07) is 0. The SMILES string of the molecule is CC(C)(C)CC(C)(C(O)OCOC1CCCCC1)C(C)(C)C. The highest BCUT2D eigenvalue weighted by atomic mass is 16.7. The van der Waals surface area contributed by atoms with Crippen LogP contribution in [0, 0.1) is 16.2 Å². The molecule has 0 saturated heterocycles. The summed E-state index contributed by atoms with van der Waals surface area (Å²) < 4.78 is 11.5. The van der Waals surface area contributed by atoms with E-state index in [1.54, 1.807) is 0 Å². The Balaban J connectivity index is 2.58. The number of hydrogen-bond acceptors (Lipinski definition) is 3. The molecule has 3 heteroatoms. The predicted molar refractivity (Wildman–Crippen MR) is 91.6 cm³/mol. The van der Waals surface area contributed by atoms with Crippen molar-refractivity contribution in [2.24, 2.45) is 16.2 Å². The summed E-state index contributed by atoms with van der Waals surface area (Å²) >= 11 is 0. The Morgan fingerprint density at radius 3 is 1.95 bits per heavy atom. The van der Waals surface area contributed by atoms with Crippen LogP contribution in [0.3, 0.4) is 0 Å². The van der Waals surface area contributed by atoms with Crippen LogP contribution in [-0.4, -0.2) is 24.3 Å². The lowest BCUT2D eigenvalue weighted by molar-refractivity contribution is -0.254. The van der Waals surface area contributed by atoms with Crippen molar-refractivity contribution >= 4 is 0 Å². The lowest BCUT2D eigenvalue weighted by atomic mass is 9.61. The van der Waals surface area contributed by atoms with E-state index >= 15 is 0 Å². The molecular weight excluding hydrogens is 276 g/mol. The van der Waals surface area contributed by atoms with Crippen molar-refractivity contribution < 1.29 is 14.6 Å². The van der Waals surface area contributed by atoms with E-state index in [9.17, 15) is 5.11 Å². The molecule has 1 fully saturated rings. The van der Waals surface area contributed by atoms with Gasteiger partial charge in [-0.1, -0.05) is 67.7 Å². The molecular formula is C19H38O3. The summed E-state index contributed by atoms with van der Waals surface area (Å²) in [6.45, 7) is 15.5. The van der Waals surface area contributed by atoms with E-state index in [1.807, 2.05) is 0 Å². The maximum absolute atomic E-state index is 10.7. The zero-order valence-corrected chi connectivity index (χ0v) is 15.9. The molecule has 0 aliphatic heterocycles. The van der Waals surface area contributed by atoms with Gasteiger partial charge in [0.15, 0.2) is 6.29 Å². The van der Waals surface area contributed by atoms with Gasteiger partial charge in [-0.25, -0.2) is 0 Å². The van der Waals surface area contributed by atoms with Crippen LogP contribution >= 0.6 is 0 Å². The van der Waals surface area contributed by atoms with Crippen LogP contribution in [0.5, 0.6) is 0 Å². The van der Waals surface area contributed by atoms with Crippen LogP contribution in [0.15, 0.2) is 0 Å². The first-order chi connectivity index (χ1) is 9.96. The average Bonchev–Trinajstić information content (AvgIpc) is 2.36. The highest BCUT2D eigenvalue weighted by Gasteiger charge is 2.46. The first kappa shape index (κ1) is 19.9. The van der Waals surface area contributed by atoms with E-state index in [0.29, 0.717) is 6.10 Å². The van der Waals surface area contributed by atoms with Crippen molar-refractivity contribution in [2.45, 2.75) is 99.4 Å².